The molecule has 2 rings (SSSR count). The molecule has 0 heterocycles. The molecule has 0 amide bonds. The van der Waals surface area contributed by atoms with Crippen molar-refractivity contribution in [3.05, 3.63) is 36.4 Å². The van der Waals surface area contributed by atoms with Crippen LogP contribution < -0.4 is 20.2 Å². The fourth-order valence-electron chi connectivity index (χ4n) is 1.55. The molecule has 0 aromatic heterocycles. The molecule has 0 unspecified atom stereocenters. The van der Waals surface area contributed by atoms with Gasteiger partial charge in [0.25, 0.3) is 0 Å². The van der Waals surface area contributed by atoms with E-state index in [0.29, 0.717) is 0 Å². The number of hydrogen-bond acceptors (Lipinski definition) is 2. The molecule has 2 nitrogen and oxygen atoms in total. The van der Waals surface area contributed by atoms with Crippen LogP contribution in [0.15, 0.2) is 36.4 Å². The molecule has 0 saturated carbocycles. The first-order valence-electron chi connectivity index (χ1n) is 4.75. The monoisotopic (exact) mass is 404 g/mol. The predicted octanol–water partition coefficient (Wildman–Crippen LogP) is 0.949. The summed E-state index contributed by atoms with van der Waals surface area (Å²) in [6.45, 7) is 0. The van der Waals surface area contributed by atoms with Crippen molar-refractivity contribution in [3.63, 3.8) is 0 Å². The zero-order valence-electron chi connectivity index (χ0n) is 9.33. The van der Waals surface area contributed by atoms with Gasteiger partial charge >= 0.3 is 113 Å². The first-order valence-corrected chi connectivity index (χ1v) is 6.63. The van der Waals surface area contributed by atoms with E-state index in [2.05, 4.69) is 33.7 Å². The van der Waals surface area contributed by atoms with Crippen LogP contribution in [0, 0.1) is 0 Å². The van der Waals surface area contributed by atoms with Crippen LogP contribution in [0.3, 0.4) is 0 Å². The second-order valence-corrected chi connectivity index (χ2v) is 5.57. The molecule has 94 valence electrons. The Morgan fingerprint density at radius 3 is 1.28 bits per heavy atom. The molecule has 0 aliphatic rings. The SMILES string of the molecule is Cl.Cl.Nc1ccc(-c2ccc(N)cc2[As])c([As])c1. The molecule has 4 N–H and O–H groups in total. The maximum atomic E-state index is 5.73. The molecule has 18 heavy (non-hydrogen) atoms. The second-order valence-electron chi connectivity index (χ2n) is 3.55. The van der Waals surface area contributed by atoms with Crippen molar-refractivity contribution >= 4 is 78.6 Å². The minimum absolute atomic E-state index is 0. The number of halogens is 2. The molecule has 0 spiro atoms. The average Bonchev–Trinajstić information content (AvgIpc) is 2.19. The second kappa shape index (κ2) is 7.36. The topological polar surface area (TPSA) is 52.0 Å². The van der Waals surface area contributed by atoms with Crippen LogP contribution in [0.2, 0.25) is 0 Å². The van der Waals surface area contributed by atoms with E-state index in [-0.39, 0.29) is 24.8 Å². The third kappa shape index (κ3) is 3.86. The van der Waals surface area contributed by atoms with Crippen molar-refractivity contribution in [2.24, 2.45) is 0 Å². The standard InChI is InChI=1S/C12H10As2N2.2ClH/c13-11-5-7(15)1-3-9(11)10-4-2-8(16)6-12(10)14;;/h1-6H,15-16H2;2*1H. The van der Waals surface area contributed by atoms with E-state index in [1.807, 2.05) is 36.4 Å². The van der Waals surface area contributed by atoms with E-state index in [4.69, 9.17) is 11.5 Å². The Morgan fingerprint density at radius 2 is 1.00 bits per heavy atom. The average molecular weight is 405 g/mol. The van der Waals surface area contributed by atoms with Crippen molar-refractivity contribution in [3.8, 4) is 11.1 Å². The van der Waals surface area contributed by atoms with E-state index < -0.39 is 0 Å². The van der Waals surface area contributed by atoms with Gasteiger partial charge in [0.1, 0.15) is 0 Å². The summed E-state index contributed by atoms with van der Waals surface area (Å²) in [5.74, 6) is 0. The van der Waals surface area contributed by atoms with Gasteiger partial charge in [-0.25, -0.2) is 0 Å². The van der Waals surface area contributed by atoms with Crippen molar-refractivity contribution in [2.75, 3.05) is 11.5 Å². The van der Waals surface area contributed by atoms with Gasteiger partial charge in [-0.05, 0) is 0 Å². The van der Waals surface area contributed by atoms with Crippen molar-refractivity contribution in [2.45, 2.75) is 0 Å². The van der Waals surface area contributed by atoms with Gasteiger partial charge in [-0.2, -0.15) is 0 Å². The molecule has 4 radical (unpaired) electrons. The summed E-state index contributed by atoms with van der Waals surface area (Å²) in [5, 5.41) is 0. The first kappa shape index (κ1) is 17.7. The van der Waals surface area contributed by atoms with E-state index >= 15 is 0 Å². The molecule has 0 saturated heterocycles. The zero-order chi connectivity index (χ0) is 11.7. The molecule has 0 bridgehead atoms. The van der Waals surface area contributed by atoms with Gasteiger partial charge in [0.05, 0.1) is 0 Å². The number of anilines is 2. The van der Waals surface area contributed by atoms with Gasteiger partial charge in [0, 0.05) is 0 Å². The third-order valence-corrected chi connectivity index (χ3v) is 3.89. The first-order chi connectivity index (χ1) is 7.58. The molecule has 0 aliphatic carbocycles. The van der Waals surface area contributed by atoms with E-state index in [1.165, 1.54) is 11.1 Å². The quantitative estimate of drug-likeness (QED) is 0.549. The van der Waals surface area contributed by atoms with E-state index in [9.17, 15) is 0 Å². The van der Waals surface area contributed by atoms with Crippen LogP contribution in [0.25, 0.3) is 11.1 Å². The summed E-state index contributed by atoms with van der Waals surface area (Å²) in [7, 11) is 0. The van der Waals surface area contributed by atoms with Gasteiger partial charge in [-0.1, -0.05) is 0 Å². The Bertz CT molecular complexity index is 498. The fraction of sp³-hybridized carbons (Fsp3) is 0. The van der Waals surface area contributed by atoms with Crippen LogP contribution >= 0.6 is 24.8 Å². The normalized spacial score (nSPS) is 9.22. The van der Waals surface area contributed by atoms with Gasteiger partial charge in [-0.15, -0.1) is 24.8 Å². The summed E-state index contributed by atoms with van der Waals surface area (Å²) >= 11 is 5.10. The van der Waals surface area contributed by atoms with Crippen LogP contribution in [0.4, 0.5) is 11.4 Å². The maximum absolute atomic E-state index is 5.73. The zero-order valence-corrected chi connectivity index (χ0v) is 14.7. The Morgan fingerprint density at radius 1 is 0.667 bits per heavy atom. The molecule has 2 aromatic carbocycles. The van der Waals surface area contributed by atoms with Crippen molar-refractivity contribution in [1.29, 1.82) is 0 Å². The molecule has 0 aliphatic heterocycles. The number of rotatable bonds is 1. The minimum atomic E-state index is 0. The summed E-state index contributed by atoms with van der Waals surface area (Å²) in [6, 6.07) is 11.8. The predicted molar refractivity (Wildman–Crippen MR) is 86.0 cm³/mol. The van der Waals surface area contributed by atoms with Gasteiger partial charge in [-0.3, -0.25) is 0 Å². The molecule has 0 atom stereocenters. The Kier molecular flexibility index (Phi) is 7.25. The van der Waals surface area contributed by atoms with Crippen LogP contribution in [-0.4, -0.2) is 33.7 Å². The van der Waals surface area contributed by atoms with Crippen molar-refractivity contribution in [1.82, 2.24) is 0 Å². The van der Waals surface area contributed by atoms with Crippen LogP contribution in [0.1, 0.15) is 0 Å². The number of benzene rings is 2. The van der Waals surface area contributed by atoms with Gasteiger partial charge < -0.3 is 0 Å². The third-order valence-electron chi connectivity index (χ3n) is 2.33. The van der Waals surface area contributed by atoms with Gasteiger partial charge in [0.15, 0.2) is 0 Å². The molecule has 0 fully saturated rings. The summed E-state index contributed by atoms with van der Waals surface area (Å²) in [6.07, 6.45) is 0. The molecule has 6 heteroatoms. The van der Waals surface area contributed by atoms with Gasteiger partial charge in [0.2, 0.25) is 0 Å². The summed E-state index contributed by atoms with van der Waals surface area (Å²) in [5.41, 5.74) is 15.4. The summed E-state index contributed by atoms with van der Waals surface area (Å²) in [4.78, 5) is 0. The number of nitrogens with two attached hydrogens (primary N) is 2. The Labute approximate surface area is 137 Å². The summed E-state index contributed by atoms with van der Waals surface area (Å²) < 4.78 is 2.23. The number of nitrogen functional groups attached to an aromatic ring is 2. The molecular formula is C12H12As2Cl2N2. The molecular weight excluding hydrogens is 393 g/mol. The van der Waals surface area contributed by atoms with Crippen LogP contribution in [0.5, 0.6) is 0 Å². The Hall–Kier alpha value is -0.263. The van der Waals surface area contributed by atoms with E-state index in [1.54, 1.807) is 0 Å². The van der Waals surface area contributed by atoms with Crippen LogP contribution in [-0.2, 0) is 0 Å². The Balaban J connectivity index is 0.00000144. The van der Waals surface area contributed by atoms with Crippen molar-refractivity contribution < 1.29 is 0 Å². The fourth-order valence-corrected chi connectivity index (χ4v) is 3.00. The number of hydrogen-bond donors (Lipinski definition) is 2. The molecule has 2 aromatic rings. The van der Waals surface area contributed by atoms with E-state index in [0.717, 1.165) is 20.1 Å².